The SMILES string of the molecule is CNCC1CC(=O)N(CCCN2CCN(c3cc(F)ccc3OC(C)C)CC2)C1=O. The molecule has 1 aromatic carbocycles. The van der Waals surface area contributed by atoms with Crippen LogP contribution in [0.15, 0.2) is 18.2 Å². The first-order valence-electron chi connectivity index (χ1n) is 10.8. The maximum atomic E-state index is 13.8. The molecule has 1 aromatic rings. The average Bonchev–Trinajstić information content (AvgIpc) is 2.97. The van der Waals surface area contributed by atoms with Gasteiger partial charge in [0.1, 0.15) is 11.6 Å². The third kappa shape index (κ3) is 5.49. The smallest absolute Gasteiger partial charge is 0.234 e. The van der Waals surface area contributed by atoms with Crippen molar-refractivity contribution in [1.29, 1.82) is 0 Å². The Balaban J connectivity index is 1.47. The lowest BCUT2D eigenvalue weighted by molar-refractivity contribution is -0.139. The Morgan fingerprint density at radius 2 is 1.90 bits per heavy atom. The number of ether oxygens (including phenoxy) is 1. The third-order valence-corrected chi connectivity index (χ3v) is 5.64. The molecule has 3 rings (SSSR count). The minimum Gasteiger partial charge on any atom is -0.489 e. The van der Waals surface area contributed by atoms with Gasteiger partial charge in [0.05, 0.1) is 17.7 Å². The van der Waals surface area contributed by atoms with Crippen LogP contribution in [-0.2, 0) is 9.59 Å². The Hall–Kier alpha value is -2.19. The minimum absolute atomic E-state index is 0.0270. The first kappa shape index (κ1) is 22.5. The van der Waals surface area contributed by atoms with Crippen LogP contribution in [0.5, 0.6) is 5.75 Å². The summed E-state index contributed by atoms with van der Waals surface area (Å²) < 4.78 is 19.7. The molecular formula is C22H33FN4O3. The average molecular weight is 421 g/mol. The van der Waals surface area contributed by atoms with Crippen molar-refractivity contribution in [1.82, 2.24) is 15.1 Å². The summed E-state index contributed by atoms with van der Waals surface area (Å²) in [5, 5.41) is 2.98. The van der Waals surface area contributed by atoms with E-state index in [-0.39, 0.29) is 29.7 Å². The van der Waals surface area contributed by atoms with Crippen LogP contribution < -0.4 is 15.0 Å². The molecule has 1 unspecified atom stereocenters. The monoisotopic (exact) mass is 420 g/mol. The van der Waals surface area contributed by atoms with Gasteiger partial charge in [-0.05, 0) is 46.0 Å². The molecule has 0 spiro atoms. The first-order chi connectivity index (χ1) is 14.4. The van der Waals surface area contributed by atoms with E-state index in [1.54, 1.807) is 19.2 Å². The predicted octanol–water partition coefficient (Wildman–Crippen LogP) is 1.72. The lowest BCUT2D eigenvalue weighted by Crippen LogP contribution is -2.47. The number of nitrogens with one attached hydrogen (secondary N) is 1. The number of rotatable bonds is 9. The van der Waals surface area contributed by atoms with Crippen molar-refractivity contribution in [2.75, 3.05) is 57.8 Å². The molecule has 1 N–H and O–H groups in total. The summed E-state index contributed by atoms with van der Waals surface area (Å²) in [4.78, 5) is 30.3. The van der Waals surface area contributed by atoms with Gasteiger partial charge in [0.2, 0.25) is 11.8 Å². The summed E-state index contributed by atoms with van der Waals surface area (Å²) in [5.74, 6) is 0.110. The molecule has 0 bridgehead atoms. The number of halogens is 1. The maximum absolute atomic E-state index is 13.8. The van der Waals surface area contributed by atoms with Crippen LogP contribution in [0.3, 0.4) is 0 Å². The normalized spacial score (nSPS) is 20.5. The lowest BCUT2D eigenvalue weighted by atomic mass is 10.1. The van der Waals surface area contributed by atoms with Crippen molar-refractivity contribution < 1.29 is 18.7 Å². The van der Waals surface area contributed by atoms with Gasteiger partial charge in [-0.1, -0.05) is 0 Å². The second-order valence-corrected chi connectivity index (χ2v) is 8.30. The number of carbonyl (C=O) groups is 2. The zero-order chi connectivity index (χ0) is 21.7. The van der Waals surface area contributed by atoms with E-state index in [2.05, 4.69) is 15.1 Å². The molecule has 166 valence electrons. The van der Waals surface area contributed by atoms with Gasteiger partial charge in [0.15, 0.2) is 0 Å². The molecule has 1 atom stereocenters. The van der Waals surface area contributed by atoms with Crippen molar-refractivity contribution in [2.45, 2.75) is 32.8 Å². The molecule has 0 aliphatic carbocycles. The second-order valence-electron chi connectivity index (χ2n) is 8.30. The molecule has 2 aliphatic rings. The Labute approximate surface area is 178 Å². The van der Waals surface area contributed by atoms with Gasteiger partial charge < -0.3 is 15.0 Å². The van der Waals surface area contributed by atoms with Crippen molar-refractivity contribution in [3.63, 3.8) is 0 Å². The van der Waals surface area contributed by atoms with Gasteiger partial charge in [-0.2, -0.15) is 0 Å². The van der Waals surface area contributed by atoms with Crippen LogP contribution in [-0.4, -0.2) is 80.6 Å². The summed E-state index contributed by atoms with van der Waals surface area (Å²) >= 11 is 0. The Bertz CT molecular complexity index is 750. The number of amides is 2. The van der Waals surface area contributed by atoms with Gasteiger partial charge >= 0.3 is 0 Å². The highest BCUT2D eigenvalue weighted by Crippen LogP contribution is 2.31. The number of hydrogen-bond acceptors (Lipinski definition) is 6. The molecule has 0 radical (unpaired) electrons. The van der Waals surface area contributed by atoms with Gasteiger partial charge in [0.25, 0.3) is 0 Å². The fourth-order valence-corrected chi connectivity index (χ4v) is 4.15. The van der Waals surface area contributed by atoms with Gasteiger partial charge in [-0.3, -0.25) is 19.4 Å². The molecule has 2 saturated heterocycles. The molecule has 2 fully saturated rings. The van der Waals surface area contributed by atoms with E-state index in [0.29, 0.717) is 25.3 Å². The van der Waals surface area contributed by atoms with Crippen LogP contribution in [0.25, 0.3) is 0 Å². The zero-order valence-electron chi connectivity index (χ0n) is 18.2. The molecule has 7 nitrogen and oxygen atoms in total. The second kappa shape index (κ2) is 10.2. The number of imide groups is 1. The fourth-order valence-electron chi connectivity index (χ4n) is 4.15. The first-order valence-corrected chi connectivity index (χ1v) is 10.8. The quantitative estimate of drug-likeness (QED) is 0.614. The van der Waals surface area contributed by atoms with Crippen molar-refractivity contribution in [3.05, 3.63) is 24.0 Å². The maximum Gasteiger partial charge on any atom is 0.234 e. The van der Waals surface area contributed by atoms with Crippen molar-refractivity contribution >= 4 is 17.5 Å². The predicted molar refractivity (Wildman–Crippen MR) is 114 cm³/mol. The van der Waals surface area contributed by atoms with Crippen LogP contribution in [0.4, 0.5) is 10.1 Å². The molecule has 2 amide bonds. The molecular weight excluding hydrogens is 387 g/mol. The van der Waals surface area contributed by atoms with Crippen molar-refractivity contribution in [3.8, 4) is 5.75 Å². The number of piperazine rings is 1. The van der Waals surface area contributed by atoms with E-state index in [1.807, 2.05) is 13.8 Å². The molecule has 30 heavy (non-hydrogen) atoms. The summed E-state index contributed by atoms with van der Waals surface area (Å²) in [6.07, 6.45) is 1.11. The van der Waals surface area contributed by atoms with E-state index in [1.165, 1.54) is 11.0 Å². The number of carbonyl (C=O) groups excluding carboxylic acids is 2. The molecule has 2 aliphatic heterocycles. The Morgan fingerprint density at radius 3 is 2.57 bits per heavy atom. The largest absolute Gasteiger partial charge is 0.489 e. The Kier molecular flexibility index (Phi) is 7.66. The number of hydrogen-bond donors (Lipinski definition) is 1. The summed E-state index contributed by atoms with van der Waals surface area (Å²) in [7, 11) is 1.79. The van der Waals surface area contributed by atoms with Crippen LogP contribution in [0.1, 0.15) is 26.7 Å². The number of nitrogens with zero attached hydrogens (tertiary/aromatic N) is 3. The standard InChI is InChI=1S/C22H33FN4O3/c1-16(2)30-20-6-5-18(23)14-19(20)26-11-9-25(10-12-26)7-4-8-27-21(28)13-17(15-24-3)22(27)29/h5-6,14,16-17,24H,4,7-13,15H2,1-3H3. The zero-order valence-corrected chi connectivity index (χ0v) is 18.2. The summed E-state index contributed by atoms with van der Waals surface area (Å²) in [6, 6.07) is 4.67. The minimum atomic E-state index is -0.264. The van der Waals surface area contributed by atoms with Crippen molar-refractivity contribution in [2.24, 2.45) is 5.92 Å². The van der Waals surface area contributed by atoms with E-state index in [9.17, 15) is 14.0 Å². The van der Waals surface area contributed by atoms with Crippen LogP contribution >= 0.6 is 0 Å². The highest BCUT2D eigenvalue weighted by Gasteiger charge is 2.37. The number of likely N-dealkylation sites (tertiary alicyclic amines) is 1. The van der Waals surface area contributed by atoms with E-state index < -0.39 is 0 Å². The van der Waals surface area contributed by atoms with Gasteiger partial charge in [-0.15, -0.1) is 0 Å². The van der Waals surface area contributed by atoms with Gasteiger partial charge in [-0.25, -0.2) is 4.39 Å². The molecule has 8 heteroatoms. The summed E-state index contributed by atoms with van der Waals surface area (Å²) in [5.41, 5.74) is 0.798. The van der Waals surface area contributed by atoms with Gasteiger partial charge in [0, 0.05) is 51.8 Å². The molecule has 0 aromatic heterocycles. The fraction of sp³-hybridized carbons (Fsp3) is 0.636. The lowest BCUT2D eigenvalue weighted by Gasteiger charge is -2.37. The number of benzene rings is 1. The number of anilines is 1. The van der Waals surface area contributed by atoms with E-state index in [0.717, 1.165) is 44.8 Å². The topological polar surface area (TPSA) is 65.1 Å². The molecule has 2 heterocycles. The van der Waals surface area contributed by atoms with Crippen LogP contribution in [0, 0.1) is 11.7 Å². The summed E-state index contributed by atoms with van der Waals surface area (Å²) in [6.45, 7) is 9.04. The molecule has 0 saturated carbocycles. The Morgan fingerprint density at radius 1 is 1.17 bits per heavy atom. The third-order valence-electron chi connectivity index (χ3n) is 5.64. The highest BCUT2D eigenvalue weighted by molar-refractivity contribution is 6.03. The highest BCUT2D eigenvalue weighted by atomic mass is 19.1. The van der Waals surface area contributed by atoms with E-state index >= 15 is 0 Å². The van der Waals surface area contributed by atoms with E-state index in [4.69, 9.17) is 4.74 Å². The van der Waals surface area contributed by atoms with Crippen LogP contribution in [0.2, 0.25) is 0 Å².